The third-order valence-electron chi connectivity index (χ3n) is 3.76. The first kappa shape index (κ1) is 10.4. The van der Waals surface area contributed by atoms with E-state index in [4.69, 9.17) is 4.74 Å². The largest absolute Gasteiger partial charge is 0.379 e. The van der Waals surface area contributed by atoms with E-state index >= 15 is 0 Å². The van der Waals surface area contributed by atoms with Gasteiger partial charge in [-0.1, -0.05) is 20.3 Å². The van der Waals surface area contributed by atoms with E-state index in [-0.39, 0.29) is 0 Å². The predicted molar refractivity (Wildman–Crippen MR) is 58.3 cm³/mol. The second-order valence-electron chi connectivity index (χ2n) is 5.66. The number of ether oxygens (including phenoxy) is 1. The molecule has 2 heteroatoms. The monoisotopic (exact) mass is 197 g/mol. The van der Waals surface area contributed by atoms with Crippen LogP contribution in [0.25, 0.3) is 0 Å². The molecule has 0 radical (unpaired) electrons. The Balaban J connectivity index is 1.89. The summed E-state index contributed by atoms with van der Waals surface area (Å²) in [5.74, 6) is 0.846. The van der Waals surface area contributed by atoms with Crippen molar-refractivity contribution in [1.29, 1.82) is 0 Å². The molecule has 0 aromatic rings. The molecule has 0 bridgehead atoms. The van der Waals surface area contributed by atoms with Gasteiger partial charge in [-0.25, -0.2) is 0 Å². The maximum Gasteiger partial charge on any atom is 0.0622 e. The van der Waals surface area contributed by atoms with Crippen molar-refractivity contribution in [3.05, 3.63) is 0 Å². The Morgan fingerprint density at radius 2 is 2.21 bits per heavy atom. The van der Waals surface area contributed by atoms with Crippen molar-refractivity contribution in [2.75, 3.05) is 19.8 Å². The van der Waals surface area contributed by atoms with Crippen LogP contribution in [0.3, 0.4) is 0 Å². The Hall–Kier alpha value is -0.0800. The van der Waals surface area contributed by atoms with Crippen LogP contribution in [-0.2, 0) is 4.74 Å². The lowest BCUT2D eigenvalue weighted by Gasteiger charge is -2.40. The molecular formula is C12H23NO. The highest BCUT2D eigenvalue weighted by Gasteiger charge is 2.33. The first-order valence-corrected chi connectivity index (χ1v) is 5.98. The highest BCUT2D eigenvalue weighted by atomic mass is 16.5. The van der Waals surface area contributed by atoms with Crippen LogP contribution in [0.4, 0.5) is 0 Å². The van der Waals surface area contributed by atoms with Gasteiger partial charge in [0.2, 0.25) is 0 Å². The molecule has 1 saturated heterocycles. The fourth-order valence-corrected chi connectivity index (χ4v) is 2.99. The minimum absolute atomic E-state index is 0.558. The molecule has 2 unspecified atom stereocenters. The zero-order chi connectivity index (χ0) is 10.0. The van der Waals surface area contributed by atoms with E-state index in [1.54, 1.807) is 0 Å². The summed E-state index contributed by atoms with van der Waals surface area (Å²) in [6, 6.07) is 0.628. The Morgan fingerprint density at radius 3 is 2.86 bits per heavy atom. The summed E-state index contributed by atoms with van der Waals surface area (Å²) in [5, 5.41) is 3.60. The molecule has 1 heterocycles. The van der Waals surface area contributed by atoms with E-state index in [0.717, 1.165) is 25.7 Å². The lowest BCUT2D eigenvalue weighted by molar-refractivity contribution is 0.0336. The van der Waals surface area contributed by atoms with Gasteiger partial charge in [0, 0.05) is 12.6 Å². The third kappa shape index (κ3) is 2.48. The van der Waals surface area contributed by atoms with Crippen molar-refractivity contribution in [1.82, 2.24) is 5.32 Å². The quantitative estimate of drug-likeness (QED) is 0.696. The van der Waals surface area contributed by atoms with Gasteiger partial charge in [-0.05, 0) is 30.6 Å². The predicted octanol–water partition coefficient (Wildman–Crippen LogP) is 2.19. The topological polar surface area (TPSA) is 21.3 Å². The molecule has 0 spiro atoms. The molecule has 1 N–H and O–H groups in total. The fraction of sp³-hybridized carbons (Fsp3) is 1.00. The van der Waals surface area contributed by atoms with Gasteiger partial charge in [0.15, 0.2) is 0 Å². The average Bonchev–Trinajstić information content (AvgIpc) is 2.18. The maximum absolute atomic E-state index is 5.54. The second-order valence-corrected chi connectivity index (χ2v) is 5.66. The lowest BCUT2D eigenvalue weighted by Crippen LogP contribution is -2.48. The van der Waals surface area contributed by atoms with Crippen LogP contribution in [0.1, 0.15) is 39.5 Å². The number of hydrogen-bond donors (Lipinski definition) is 1. The first-order chi connectivity index (χ1) is 6.67. The SMILES string of the molecule is CC1(C)CCCC(C2COCCN2)C1. The van der Waals surface area contributed by atoms with E-state index in [9.17, 15) is 0 Å². The summed E-state index contributed by atoms with van der Waals surface area (Å²) in [6.07, 6.45) is 5.56. The summed E-state index contributed by atoms with van der Waals surface area (Å²) in [4.78, 5) is 0. The van der Waals surface area contributed by atoms with Crippen molar-refractivity contribution in [2.24, 2.45) is 11.3 Å². The Morgan fingerprint density at radius 1 is 1.36 bits per heavy atom. The van der Waals surface area contributed by atoms with Gasteiger partial charge in [0.1, 0.15) is 0 Å². The maximum atomic E-state index is 5.54. The van der Waals surface area contributed by atoms with Gasteiger partial charge >= 0.3 is 0 Å². The molecule has 2 aliphatic rings. The van der Waals surface area contributed by atoms with E-state index in [1.807, 2.05) is 0 Å². The molecule has 82 valence electrons. The molecule has 2 atom stereocenters. The zero-order valence-electron chi connectivity index (χ0n) is 9.51. The van der Waals surface area contributed by atoms with Crippen LogP contribution >= 0.6 is 0 Å². The molecule has 0 aromatic carbocycles. The molecular weight excluding hydrogens is 174 g/mol. The van der Waals surface area contributed by atoms with Crippen molar-refractivity contribution >= 4 is 0 Å². The van der Waals surface area contributed by atoms with Gasteiger partial charge < -0.3 is 10.1 Å². The molecule has 2 rings (SSSR count). The average molecular weight is 197 g/mol. The molecule has 2 nitrogen and oxygen atoms in total. The summed E-state index contributed by atoms with van der Waals surface area (Å²) in [6.45, 7) is 7.68. The fourth-order valence-electron chi connectivity index (χ4n) is 2.99. The zero-order valence-corrected chi connectivity index (χ0v) is 9.51. The summed E-state index contributed by atoms with van der Waals surface area (Å²) in [5.41, 5.74) is 0.558. The van der Waals surface area contributed by atoms with E-state index < -0.39 is 0 Å². The van der Waals surface area contributed by atoms with Gasteiger partial charge in [-0.15, -0.1) is 0 Å². The van der Waals surface area contributed by atoms with Crippen LogP contribution < -0.4 is 5.32 Å². The normalized spacial score (nSPS) is 38.1. The minimum Gasteiger partial charge on any atom is -0.379 e. The summed E-state index contributed by atoms with van der Waals surface area (Å²) in [7, 11) is 0. The number of morpholine rings is 1. The minimum atomic E-state index is 0.558. The molecule has 1 saturated carbocycles. The number of nitrogens with one attached hydrogen (secondary N) is 1. The molecule has 14 heavy (non-hydrogen) atoms. The Bertz CT molecular complexity index is 185. The van der Waals surface area contributed by atoms with Crippen molar-refractivity contribution < 1.29 is 4.74 Å². The Kier molecular flexibility index (Phi) is 3.13. The molecule has 0 aromatic heterocycles. The van der Waals surface area contributed by atoms with Gasteiger partial charge in [0.25, 0.3) is 0 Å². The number of hydrogen-bond acceptors (Lipinski definition) is 2. The first-order valence-electron chi connectivity index (χ1n) is 5.98. The molecule has 1 aliphatic heterocycles. The van der Waals surface area contributed by atoms with Crippen LogP contribution in [0.15, 0.2) is 0 Å². The number of rotatable bonds is 1. The summed E-state index contributed by atoms with van der Waals surface area (Å²) < 4.78 is 5.54. The smallest absolute Gasteiger partial charge is 0.0622 e. The second kappa shape index (κ2) is 4.19. The molecule has 0 amide bonds. The van der Waals surface area contributed by atoms with E-state index in [1.165, 1.54) is 25.7 Å². The molecule has 1 aliphatic carbocycles. The molecule has 2 fully saturated rings. The van der Waals surface area contributed by atoms with Crippen molar-refractivity contribution in [2.45, 2.75) is 45.6 Å². The highest BCUT2D eigenvalue weighted by molar-refractivity contribution is 4.87. The summed E-state index contributed by atoms with van der Waals surface area (Å²) >= 11 is 0. The lowest BCUT2D eigenvalue weighted by atomic mass is 9.70. The highest BCUT2D eigenvalue weighted by Crippen LogP contribution is 2.40. The standard InChI is InChI=1S/C12H23NO/c1-12(2)5-3-4-10(8-12)11-9-14-7-6-13-11/h10-11,13H,3-9H2,1-2H3. The third-order valence-corrected chi connectivity index (χ3v) is 3.76. The van der Waals surface area contributed by atoms with Gasteiger partial charge in [-0.2, -0.15) is 0 Å². The van der Waals surface area contributed by atoms with E-state index in [0.29, 0.717) is 11.5 Å². The van der Waals surface area contributed by atoms with Crippen molar-refractivity contribution in [3.63, 3.8) is 0 Å². The van der Waals surface area contributed by atoms with Crippen LogP contribution in [0, 0.1) is 11.3 Å². The van der Waals surface area contributed by atoms with Crippen molar-refractivity contribution in [3.8, 4) is 0 Å². The Labute approximate surface area is 87.4 Å². The van der Waals surface area contributed by atoms with E-state index in [2.05, 4.69) is 19.2 Å². The van der Waals surface area contributed by atoms with Gasteiger partial charge in [0.05, 0.1) is 13.2 Å². The van der Waals surface area contributed by atoms with Crippen LogP contribution in [0.2, 0.25) is 0 Å². The van der Waals surface area contributed by atoms with Gasteiger partial charge in [-0.3, -0.25) is 0 Å². The van der Waals surface area contributed by atoms with Crippen LogP contribution in [-0.4, -0.2) is 25.8 Å². The van der Waals surface area contributed by atoms with Crippen LogP contribution in [0.5, 0.6) is 0 Å².